The van der Waals surface area contributed by atoms with Crippen LogP contribution < -0.4 is 9.47 Å². The van der Waals surface area contributed by atoms with Gasteiger partial charge in [-0.05, 0) is 82.0 Å². The van der Waals surface area contributed by atoms with Crippen molar-refractivity contribution in [3.63, 3.8) is 0 Å². The van der Waals surface area contributed by atoms with Gasteiger partial charge in [-0.15, -0.1) is 0 Å². The lowest BCUT2D eigenvalue weighted by atomic mass is 10.1. The standard InChI is InChI=1S/C25H19Br2NO4/c1-15-5-3-4-6-18(15)14-31-23-20(27)11-16(13-22(23)30-2)12-21-25(29)32-24(28-21)17-7-9-19(26)10-8-17/h3-13H,14H2,1-2H3/b21-12-. The summed E-state index contributed by atoms with van der Waals surface area (Å²) in [4.78, 5) is 16.7. The Morgan fingerprint density at radius 3 is 2.53 bits per heavy atom. The van der Waals surface area contributed by atoms with Crippen LogP contribution in [0, 0.1) is 6.92 Å². The highest BCUT2D eigenvalue weighted by atomic mass is 79.9. The third kappa shape index (κ3) is 4.95. The highest BCUT2D eigenvalue weighted by molar-refractivity contribution is 9.10. The van der Waals surface area contributed by atoms with E-state index < -0.39 is 5.97 Å². The van der Waals surface area contributed by atoms with Gasteiger partial charge in [0.15, 0.2) is 17.2 Å². The fourth-order valence-electron chi connectivity index (χ4n) is 3.17. The second-order valence-electron chi connectivity index (χ2n) is 7.09. The molecule has 1 heterocycles. The number of rotatable bonds is 6. The number of carbonyl (C=O) groups excluding carboxylic acids is 1. The predicted molar refractivity (Wildman–Crippen MR) is 131 cm³/mol. The summed E-state index contributed by atoms with van der Waals surface area (Å²) in [6.07, 6.45) is 1.66. The van der Waals surface area contributed by atoms with Crippen LogP contribution in [0.2, 0.25) is 0 Å². The van der Waals surface area contributed by atoms with Gasteiger partial charge in [0.2, 0.25) is 5.90 Å². The maximum absolute atomic E-state index is 12.3. The SMILES string of the molecule is COc1cc(/C=C2\N=C(c3ccc(Br)cc3)OC2=O)cc(Br)c1OCc1ccccc1C. The molecule has 0 radical (unpaired) electrons. The van der Waals surface area contributed by atoms with Crippen LogP contribution in [-0.2, 0) is 16.1 Å². The molecule has 0 N–H and O–H groups in total. The van der Waals surface area contributed by atoms with Crippen LogP contribution in [0.5, 0.6) is 11.5 Å². The molecule has 3 aromatic rings. The molecule has 7 heteroatoms. The molecule has 1 aliphatic heterocycles. The van der Waals surface area contributed by atoms with Gasteiger partial charge in [0.05, 0.1) is 11.6 Å². The van der Waals surface area contributed by atoms with Crippen LogP contribution in [0.1, 0.15) is 22.3 Å². The van der Waals surface area contributed by atoms with Crippen molar-refractivity contribution in [3.8, 4) is 11.5 Å². The number of aliphatic imine (C=N–C) groups is 1. The Morgan fingerprint density at radius 2 is 1.81 bits per heavy atom. The summed E-state index contributed by atoms with van der Waals surface area (Å²) in [5, 5.41) is 0. The average molecular weight is 557 g/mol. The van der Waals surface area contributed by atoms with Gasteiger partial charge in [0.25, 0.3) is 0 Å². The summed E-state index contributed by atoms with van der Waals surface area (Å²) >= 11 is 6.95. The van der Waals surface area contributed by atoms with Gasteiger partial charge in [-0.1, -0.05) is 40.2 Å². The van der Waals surface area contributed by atoms with Gasteiger partial charge in [-0.2, -0.15) is 0 Å². The monoisotopic (exact) mass is 555 g/mol. The minimum atomic E-state index is -0.502. The fraction of sp³-hybridized carbons (Fsp3) is 0.120. The van der Waals surface area contributed by atoms with Crippen LogP contribution >= 0.6 is 31.9 Å². The topological polar surface area (TPSA) is 57.1 Å². The van der Waals surface area contributed by atoms with E-state index in [9.17, 15) is 4.79 Å². The van der Waals surface area contributed by atoms with E-state index in [1.54, 1.807) is 19.3 Å². The molecule has 0 aliphatic carbocycles. The van der Waals surface area contributed by atoms with E-state index in [-0.39, 0.29) is 11.6 Å². The quantitative estimate of drug-likeness (QED) is 0.258. The highest BCUT2D eigenvalue weighted by Gasteiger charge is 2.24. The van der Waals surface area contributed by atoms with Crippen LogP contribution in [0.4, 0.5) is 0 Å². The van der Waals surface area contributed by atoms with Crippen molar-refractivity contribution in [2.24, 2.45) is 4.99 Å². The molecule has 1 aliphatic rings. The lowest BCUT2D eigenvalue weighted by molar-refractivity contribution is -0.129. The predicted octanol–water partition coefficient (Wildman–Crippen LogP) is 6.45. The lowest BCUT2D eigenvalue weighted by Gasteiger charge is -2.14. The first-order valence-corrected chi connectivity index (χ1v) is 11.4. The van der Waals surface area contributed by atoms with Crippen molar-refractivity contribution in [2.75, 3.05) is 7.11 Å². The molecule has 4 rings (SSSR count). The number of aryl methyl sites for hydroxylation is 1. The fourth-order valence-corrected chi connectivity index (χ4v) is 4.01. The van der Waals surface area contributed by atoms with E-state index in [2.05, 4.69) is 36.9 Å². The van der Waals surface area contributed by atoms with Crippen LogP contribution in [-0.4, -0.2) is 19.0 Å². The summed E-state index contributed by atoms with van der Waals surface area (Å²) in [7, 11) is 1.58. The number of esters is 1. The van der Waals surface area contributed by atoms with Gasteiger partial charge < -0.3 is 14.2 Å². The van der Waals surface area contributed by atoms with Crippen molar-refractivity contribution in [3.05, 3.63) is 97.6 Å². The van der Waals surface area contributed by atoms with Crippen molar-refractivity contribution in [2.45, 2.75) is 13.5 Å². The summed E-state index contributed by atoms with van der Waals surface area (Å²) in [5.74, 6) is 0.907. The first-order chi connectivity index (χ1) is 15.4. The summed E-state index contributed by atoms with van der Waals surface area (Å²) in [6, 6.07) is 19.1. The highest BCUT2D eigenvalue weighted by Crippen LogP contribution is 2.38. The number of carbonyl (C=O) groups is 1. The third-order valence-electron chi connectivity index (χ3n) is 4.90. The first kappa shape index (κ1) is 22.3. The van der Waals surface area contributed by atoms with E-state index in [0.29, 0.717) is 22.6 Å². The summed E-state index contributed by atoms with van der Waals surface area (Å²) in [6.45, 7) is 2.46. The van der Waals surface area contributed by atoms with Crippen LogP contribution in [0.3, 0.4) is 0 Å². The van der Waals surface area contributed by atoms with Gasteiger partial charge in [0, 0.05) is 10.0 Å². The van der Waals surface area contributed by atoms with E-state index in [1.165, 1.54) is 0 Å². The van der Waals surface area contributed by atoms with Crippen molar-refractivity contribution < 1.29 is 19.0 Å². The van der Waals surface area contributed by atoms with E-state index in [0.717, 1.165) is 26.7 Å². The van der Waals surface area contributed by atoms with Crippen LogP contribution in [0.25, 0.3) is 6.08 Å². The summed E-state index contributed by atoms with van der Waals surface area (Å²) in [5.41, 5.74) is 3.91. The molecule has 0 saturated heterocycles. The maximum Gasteiger partial charge on any atom is 0.363 e. The number of ether oxygens (including phenoxy) is 3. The molecule has 162 valence electrons. The Bertz CT molecular complexity index is 1230. The number of benzene rings is 3. The molecule has 0 atom stereocenters. The molecular formula is C25H19Br2NO4. The third-order valence-corrected chi connectivity index (χ3v) is 6.02. The zero-order chi connectivity index (χ0) is 22.7. The zero-order valence-corrected chi connectivity index (χ0v) is 20.6. The average Bonchev–Trinajstić information content (AvgIpc) is 3.14. The number of hydrogen-bond donors (Lipinski definition) is 0. The largest absolute Gasteiger partial charge is 0.493 e. The molecule has 0 bridgehead atoms. The number of cyclic esters (lactones) is 1. The molecule has 32 heavy (non-hydrogen) atoms. The minimum absolute atomic E-state index is 0.213. The molecule has 0 spiro atoms. The van der Waals surface area contributed by atoms with Gasteiger partial charge in [0.1, 0.15) is 6.61 Å². The number of methoxy groups -OCH3 is 1. The maximum atomic E-state index is 12.3. The molecule has 0 amide bonds. The Hall–Kier alpha value is -2.90. The molecule has 0 aromatic heterocycles. The Labute approximate surface area is 203 Å². The van der Waals surface area contributed by atoms with Gasteiger partial charge in [-0.3, -0.25) is 0 Å². The minimum Gasteiger partial charge on any atom is -0.493 e. The van der Waals surface area contributed by atoms with Crippen molar-refractivity contribution in [1.29, 1.82) is 0 Å². The van der Waals surface area contributed by atoms with Crippen LogP contribution in [0.15, 0.2) is 80.3 Å². The first-order valence-electron chi connectivity index (χ1n) is 9.78. The molecule has 0 saturated carbocycles. The molecule has 3 aromatic carbocycles. The molecule has 5 nitrogen and oxygen atoms in total. The Morgan fingerprint density at radius 1 is 1.06 bits per heavy atom. The number of halogens is 2. The summed E-state index contributed by atoms with van der Waals surface area (Å²) < 4.78 is 18.6. The smallest absolute Gasteiger partial charge is 0.363 e. The van der Waals surface area contributed by atoms with E-state index >= 15 is 0 Å². The van der Waals surface area contributed by atoms with E-state index in [1.807, 2.05) is 61.5 Å². The molecule has 0 fully saturated rings. The van der Waals surface area contributed by atoms with E-state index in [4.69, 9.17) is 14.2 Å². The molecular weight excluding hydrogens is 538 g/mol. The Balaban J connectivity index is 1.59. The van der Waals surface area contributed by atoms with Crippen molar-refractivity contribution in [1.82, 2.24) is 0 Å². The lowest BCUT2D eigenvalue weighted by Crippen LogP contribution is -2.05. The second kappa shape index (κ2) is 9.71. The number of hydrogen-bond acceptors (Lipinski definition) is 5. The van der Waals surface area contributed by atoms with Gasteiger partial charge >= 0.3 is 5.97 Å². The zero-order valence-electron chi connectivity index (χ0n) is 17.4. The molecule has 0 unspecified atom stereocenters. The number of nitrogens with zero attached hydrogens (tertiary/aromatic N) is 1. The Kier molecular flexibility index (Phi) is 6.77. The van der Waals surface area contributed by atoms with Crippen molar-refractivity contribution >= 4 is 49.8 Å². The normalized spacial score (nSPS) is 14.3. The second-order valence-corrected chi connectivity index (χ2v) is 8.86. The van der Waals surface area contributed by atoms with Gasteiger partial charge in [-0.25, -0.2) is 9.79 Å².